The van der Waals surface area contributed by atoms with Gasteiger partial charge in [0.2, 0.25) is 5.95 Å². The summed E-state index contributed by atoms with van der Waals surface area (Å²) in [6.07, 6.45) is 6.23. The monoisotopic (exact) mass is 286 g/mol. The van der Waals surface area contributed by atoms with Gasteiger partial charge in [-0.2, -0.15) is 0 Å². The molecule has 2 aromatic rings. The van der Waals surface area contributed by atoms with Crippen molar-refractivity contribution in [2.75, 3.05) is 38.5 Å². The van der Waals surface area contributed by atoms with Gasteiger partial charge in [-0.05, 0) is 32.0 Å². The van der Waals surface area contributed by atoms with E-state index in [1.165, 1.54) is 39.0 Å². The largest absolute Gasteiger partial charge is 0.350 e. The molecule has 2 aromatic heterocycles. The Labute approximate surface area is 124 Å². The van der Waals surface area contributed by atoms with E-state index < -0.39 is 0 Å². The molecule has 112 valence electrons. The van der Waals surface area contributed by atoms with Crippen LogP contribution in [-0.4, -0.2) is 69.7 Å². The summed E-state index contributed by atoms with van der Waals surface area (Å²) in [5, 5.41) is 7.94. The van der Waals surface area contributed by atoms with Crippen LogP contribution >= 0.6 is 0 Å². The number of nitrogens with zero attached hydrogens (tertiary/aromatic N) is 5. The van der Waals surface area contributed by atoms with E-state index >= 15 is 0 Å². The zero-order valence-corrected chi connectivity index (χ0v) is 12.4. The van der Waals surface area contributed by atoms with Gasteiger partial charge in [0.25, 0.3) is 0 Å². The molecule has 0 unspecified atom stereocenters. The molecule has 0 radical (unpaired) electrons. The van der Waals surface area contributed by atoms with Crippen LogP contribution in [0.5, 0.6) is 0 Å². The second-order valence-corrected chi connectivity index (χ2v) is 6.27. The number of piperazine rings is 1. The molecular weight excluding hydrogens is 264 g/mol. The molecular formula is C15H22N6. The minimum absolute atomic E-state index is 0.516. The van der Waals surface area contributed by atoms with Crippen molar-refractivity contribution in [3.63, 3.8) is 0 Å². The smallest absolute Gasteiger partial charge is 0.241 e. The Balaban J connectivity index is 1.31. The highest BCUT2D eigenvalue weighted by atomic mass is 15.3. The number of hydrogen-bond donors (Lipinski definition) is 1. The third-order valence-electron chi connectivity index (χ3n) is 4.78. The molecule has 0 spiro atoms. The molecule has 3 heterocycles. The lowest BCUT2D eigenvalue weighted by Gasteiger charge is -2.46. The van der Waals surface area contributed by atoms with Crippen LogP contribution in [0.3, 0.4) is 0 Å². The van der Waals surface area contributed by atoms with Gasteiger partial charge in [-0.3, -0.25) is 4.90 Å². The van der Waals surface area contributed by atoms with Gasteiger partial charge in [0, 0.05) is 44.5 Å². The van der Waals surface area contributed by atoms with Crippen molar-refractivity contribution in [1.29, 1.82) is 0 Å². The molecule has 1 aliphatic heterocycles. The predicted octanol–water partition coefficient (Wildman–Crippen LogP) is 0.920. The van der Waals surface area contributed by atoms with E-state index in [1.807, 2.05) is 29.0 Å². The fraction of sp³-hybridized carbons (Fsp3) is 0.600. The van der Waals surface area contributed by atoms with Crippen molar-refractivity contribution in [2.45, 2.75) is 24.9 Å². The summed E-state index contributed by atoms with van der Waals surface area (Å²) >= 11 is 0. The van der Waals surface area contributed by atoms with E-state index in [4.69, 9.17) is 0 Å². The van der Waals surface area contributed by atoms with Gasteiger partial charge in [0.15, 0.2) is 0 Å². The van der Waals surface area contributed by atoms with E-state index in [9.17, 15) is 0 Å². The van der Waals surface area contributed by atoms with Crippen LogP contribution in [-0.2, 0) is 0 Å². The van der Waals surface area contributed by atoms with Gasteiger partial charge in [0.05, 0.1) is 11.7 Å². The number of anilines is 1. The number of hydrogen-bond acceptors (Lipinski definition) is 5. The van der Waals surface area contributed by atoms with Crippen LogP contribution in [0.25, 0.3) is 5.52 Å². The topological polar surface area (TPSA) is 48.7 Å². The van der Waals surface area contributed by atoms with Crippen LogP contribution in [0.1, 0.15) is 12.8 Å². The normalized spacial score (nSPS) is 27.7. The molecule has 1 aliphatic carbocycles. The molecule has 0 atom stereocenters. The number of rotatable bonds is 3. The van der Waals surface area contributed by atoms with E-state index in [0.29, 0.717) is 6.04 Å². The van der Waals surface area contributed by atoms with E-state index in [1.54, 1.807) is 0 Å². The molecule has 0 bridgehead atoms. The lowest BCUT2D eigenvalue weighted by molar-refractivity contribution is 0.0656. The van der Waals surface area contributed by atoms with E-state index in [-0.39, 0.29) is 0 Å². The summed E-state index contributed by atoms with van der Waals surface area (Å²) in [7, 11) is 2.21. The van der Waals surface area contributed by atoms with Crippen LogP contribution in [0, 0.1) is 0 Å². The molecule has 2 fully saturated rings. The average Bonchev–Trinajstić information content (AvgIpc) is 2.91. The molecule has 0 amide bonds. The highest BCUT2D eigenvalue weighted by molar-refractivity contribution is 5.45. The zero-order valence-electron chi connectivity index (χ0n) is 12.4. The van der Waals surface area contributed by atoms with Gasteiger partial charge in [-0.25, -0.2) is 9.50 Å². The summed E-state index contributed by atoms with van der Waals surface area (Å²) in [6.45, 7) is 4.81. The number of nitrogens with one attached hydrogen (secondary N) is 1. The maximum atomic E-state index is 4.48. The van der Waals surface area contributed by atoms with Gasteiger partial charge >= 0.3 is 0 Å². The molecule has 4 rings (SSSR count). The quantitative estimate of drug-likeness (QED) is 0.909. The lowest BCUT2D eigenvalue weighted by Crippen LogP contribution is -2.55. The van der Waals surface area contributed by atoms with Crippen LogP contribution in [0.2, 0.25) is 0 Å². The predicted molar refractivity (Wildman–Crippen MR) is 82.5 cm³/mol. The second-order valence-electron chi connectivity index (χ2n) is 6.27. The first-order valence-corrected chi connectivity index (χ1v) is 7.77. The standard InChI is InChI=1S/C15H22N6/c1-19-5-7-20(8-6-19)14-9-12(10-14)17-15-16-11-13-3-2-4-21(13)18-15/h2-4,11-12,14H,5-10H2,1H3,(H,17,18). The summed E-state index contributed by atoms with van der Waals surface area (Å²) in [5.41, 5.74) is 1.03. The van der Waals surface area contributed by atoms with Crippen molar-refractivity contribution in [3.8, 4) is 0 Å². The molecule has 6 heteroatoms. The van der Waals surface area contributed by atoms with Gasteiger partial charge in [-0.15, -0.1) is 5.10 Å². The minimum atomic E-state index is 0.516. The number of fused-ring (bicyclic) bond motifs is 1. The van der Waals surface area contributed by atoms with Crippen molar-refractivity contribution in [1.82, 2.24) is 24.4 Å². The SMILES string of the molecule is CN1CCN(C2CC(Nc3ncc4cccn4n3)C2)CC1. The minimum Gasteiger partial charge on any atom is -0.350 e. The van der Waals surface area contributed by atoms with Crippen LogP contribution in [0.15, 0.2) is 24.5 Å². The van der Waals surface area contributed by atoms with Gasteiger partial charge in [0.1, 0.15) is 0 Å². The Morgan fingerprint density at radius 2 is 2.00 bits per heavy atom. The lowest BCUT2D eigenvalue weighted by atomic mass is 9.85. The Kier molecular flexibility index (Phi) is 3.27. The van der Waals surface area contributed by atoms with E-state index in [2.05, 4.69) is 32.2 Å². The Morgan fingerprint density at radius 1 is 1.19 bits per heavy atom. The average molecular weight is 286 g/mol. The molecule has 0 aromatic carbocycles. The maximum absolute atomic E-state index is 4.48. The summed E-state index contributed by atoms with van der Waals surface area (Å²) in [6, 6.07) is 5.26. The van der Waals surface area contributed by atoms with Crippen molar-refractivity contribution >= 4 is 11.5 Å². The summed E-state index contributed by atoms with van der Waals surface area (Å²) < 4.78 is 1.87. The second kappa shape index (κ2) is 5.27. The molecule has 21 heavy (non-hydrogen) atoms. The molecule has 6 nitrogen and oxygen atoms in total. The Morgan fingerprint density at radius 3 is 2.81 bits per heavy atom. The van der Waals surface area contributed by atoms with E-state index in [0.717, 1.165) is 17.5 Å². The third kappa shape index (κ3) is 2.61. The summed E-state index contributed by atoms with van der Waals surface area (Å²) in [4.78, 5) is 9.43. The zero-order chi connectivity index (χ0) is 14.2. The van der Waals surface area contributed by atoms with Crippen LogP contribution < -0.4 is 5.32 Å². The highest BCUT2D eigenvalue weighted by Crippen LogP contribution is 2.28. The first-order chi connectivity index (χ1) is 10.3. The van der Waals surface area contributed by atoms with Crippen molar-refractivity contribution < 1.29 is 0 Å². The highest BCUT2D eigenvalue weighted by Gasteiger charge is 2.34. The van der Waals surface area contributed by atoms with Crippen molar-refractivity contribution in [2.24, 2.45) is 0 Å². The number of aromatic nitrogens is 3. The molecule has 2 aliphatic rings. The first kappa shape index (κ1) is 13.0. The third-order valence-corrected chi connectivity index (χ3v) is 4.78. The maximum Gasteiger partial charge on any atom is 0.241 e. The Hall–Kier alpha value is -1.66. The molecule has 1 N–H and O–H groups in total. The fourth-order valence-corrected chi connectivity index (χ4v) is 3.27. The number of likely N-dealkylation sites (N-methyl/N-ethyl adjacent to an activating group) is 1. The van der Waals surface area contributed by atoms with Crippen LogP contribution in [0.4, 0.5) is 5.95 Å². The van der Waals surface area contributed by atoms with Gasteiger partial charge < -0.3 is 10.2 Å². The molecule has 1 saturated carbocycles. The van der Waals surface area contributed by atoms with Gasteiger partial charge in [-0.1, -0.05) is 0 Å². The van der Waals surface area contributed by atoms with Crippen molar-refractivity contribution in [3.05, 3.63) is 24.5 Å². The summed E-state index contributed by atoms with van der Waals surface area (Å²) in [5.74, 6) is 0.737. The molecule has 1 saturated heterocycles. The Bertz CT molecular complexity index is 609. The first-order valence-electron chi connectivity index (χ1n) is 7.77. The fourth-order valence-electron chi connectivity index (χ4n) is 3.27.